The fourth-order valence-electron chi connectivity index (χ4n) is 2.34. The summed E-state index contributed by atoms with van der Waals surface area (Å²) in [6.45, 7) is 2.21. The van der Waals surface area contributed by atoms with Gasteiger partial charge in [0.25, 0.3) is 0 Å². The molecule has 4 heteroatoms. The van der Waals surface area contributed by atoms with Gasteiger partial charge < -0.3 is 5.32 Å². The largest absolute Gasteiger partial charge is 0.347 e. The lowest BCUT2D eigenvalue weighted by molar-refractivity contribution is 0.267. The van der Waals surface area contributed by atoms with Crippen molar-refractivity contribution in [3.05, 3.63) is 24.3 Å². The molecule has 0 unspecified atom stereocenters. The molecule has 0 spiro atoms. The van der Waals surface area contributed by atoms with E-state index in [0.717, 1.165) is 17.5 Å². The third-order valence-electron chi connectivity index (χ3n) is 3.72. The second-order valence-electron chi connectivity index (χ2n) is 4.74. The lowest BCUT2D eigenvalue weighted by atomic mass is 9.75. The minimum absolute atomic E-state index is 0.212. The lowest BCUT2D eigenvalue weighted by Gasteiger charge is -2.41. The summed E-state index contributed by atoms with van der Waals surface area (Å²) in [5.74, 6) is 0.658. The van der Waals surface area contributed by atoms with Gasteiger partial charge >= 0.3 is 0 Å². The van der Waals surface area contributed by atoms with Gasteiger partial charge in [-0.05, 0) is 37.8 Å². The molecule has 1 heterocycles. The van der Waals surface area contributed by atoms with Crippen molar-refractivity contribution in [3.8, 4) is 0 Å². The molecule has 1 aromatic heterocycles. The molecule has 3 rings (SSSR count). The normalized spacial score (nSPS) is 17.7. The van der Waals surface area contributed by atoms with E-state index in [-0.39, 0.29) is 5.54 Å². The summed E-state index contributed by atoms with van der Waals surface area (Å²) in [7, 11) is 0. The van der Waals surface area contributed by atoms with E-state index in [4.69, 9.17) is 0 Å². The SMILES string of the molecule is CCC1(Nc2nnc3ccccc3n2)CCC1. The average molecular weight is 228 g/mol. The van der Waals surface area contributed by atoms with Gasteiger partial charge in [0.2, 0.25) is 5.95 Å². The van der Waals surface area contributed by atoms with E-state index in [9.17, 15) is 0 Å². The quantitative estimate of drug-likeness (QED) is 0.877. The number of aromatic nitrogens is 3. The van der Waals surface area contributed by atoms with Crippen LogP contribution in [-0.4, -0.2) is 20.7 Å². The van der Waals surface area contributed by atoms with Crippen molar-refractivity contribution in [1.29, 1.82) is 0 Å². The van der Waals surface area contributed by atoms with Gasteiger partial charge in [0.15, 0.2) is 0 Å². The van der Waals surface area contributed by atoms with Gasteiger partial charge in [-0.3, -0.25) is 0 Å². The first-order valence-electron chi connectivity index (χ1n) is 6.19. The van der Waals surface area contributed by atoms with Crippen LogP contribution < -0.4 is 5.32 Å². The van der Waals surface area contributed by atoms with Crippen LogP contribution in [0, 0.1) is 0 Å². The summed E-state index contributed by atoms with van der Waals surface area (Å²) in [4.78, 5) is 4.51. The number of nitrogens with zero attached hydrogens (tertiary/aromatic N) is 3. The van der Waals surface area contributed by atoms with E-state index >= 15 is 0 Å². The lowest BCUT2D eigenvalue weighted by Crippen LogP contribution is -2.44. The second-order valence-corrected chi connectivity index (χ2v) is 4.74. The molecular weight excluding hydrogens is 212 g/mol. The molecule has 0 radical (unpaired) electrons. The van der Waals surface area contributed by atoms with Gasteiger partial charge in [0, 0.05) is 5.54 Å². The fourth-order valence-corrected chi connectivity index (χ4v) is 2.34. The van der Waals surface area contributed by atoms with E-state index in [0.29, 0.717) is 5.95 Å². The number of nitrogens with one attached hydrogen (secondary N) is 1. The average Bonchev–Trinajstić information content (AvgIpc) is 2.34. The highest BCUT2D eigenvalue weighted by Crippen LogP contribution is 2.37. The number of benzene rings is 1. The fraction of sp³-hybridized carbons (Fsp3) is 0.462. The van der Waals surface area contributed by atoms with Crippen molar-refractivity contribution in [3.63, 3.8) is 0 Å². The van der Waals surface area contributed by atoms with Crippen LogP contribution in [0.25, 0.3) is 11.0 Å². The zero-order valence-corrected chi connectivity index (χ0v) is 9.98. The van der Waals surface area contributed by atoms with Crippen LogP contribution in [0.15, 0.2) is 24.3 Å². The molecule has 1 N–H and O–H groups in total. The van der Waals surface area contributed by atoms with Gasteiger partial charge in [-0.25, -0.2) is 4.98 Å². The van der Waals surface area contributed by atoms with Crippen molar-refractivity contribution in [1.82, 2.24) is 15.2 Å². The summed E-state index contributed by atoms with van der Waals surface area (Å²) in [5.41, 5.74) is 1.96. The van der Waals surface area contributed by atoms with E-state index in [2.05, 4.69) is 27.4 Å². The van der Waals surface area contributed by atoms with Crippen LogP contribution in [0.3, 0.4) is 0 Å². The van der Waals surface area contributed by atoms with Gasteiger partial charge in [-0.15, -0.1) is 10.2 Å². The number of fused-ring (bicyclic) bond motifs is 1. The second kappa shape index (κ2) is 3.95. The molecule has 1 fully saturated rings. The summed E-state index contributed by atoms with van der Waals surface area (Å²) >= 11 is 0. The molecular formula is C13H16N4. The van der Waals surface area contributed by atoms with Crippen molar-refractivity contribution in [2.75, 3.05) is 5.32 Å². The third kappa shape index (κ3) is 1.84. The number of hydrogen-bond acceptors (Lipinski definition) is 4. The monoisotopic (exact) mass is 228 g/mol. The van der Waals surface area contributed by atoms with E-state index in [1.54, 1.807) is 0 Å². The van der Waals surface area contributed by atoms with Crippen LogP contribution in [0.2, 0.25) is 0 Å². The van der Waals surface area contributed by atoms with Gasteiger partial charge in [0.1, 0.15) is 5.52 Å². The maximum atomic E-state index is 4.51. The maximum absolute atomic E-state index is 4.51. The van der Waals surface area contributed by atoms with Crippen molar-refractivity contribution >= 4 is 17.0 Å². The first-order chi connectivity index (χ1) is 8.31. The van der Waals surface area contributed by atoms with E-state index < -0.39 is 0 Å². The topological polar surface area (TPSA) is 50.7 Å². The minimum Gasteiger partial charge on any atom is -0.347 e. The Hall–Kier alpha value is -1.71. The van der Waals surface area contributed by atoms with Gasteiger partial charge in [-0.2, -0.15) is 0 Å². The first-order valence-corrected chi connectivity index (χ1v) is 6.19. The summed E-state index contributed by atoms with van der Waals surface area (Å²) in [6, 6.07) is 7.82. The molecule has 88 valence electrons. The molecule has 0 saturated heterocycles. The molecule has 2 aromatic rings. The zero-order chi connectivity index (χ0) is 11.7. The van der Waals surface area contributed by atoms with Crippen molar-refractivity contribution < 1.29 is 0 Å². The number of rotatable bonds is 3. The Bertz CT molecular complexity index is 528. The maximum Gasteiger partial charge on any atom is 0.243 e. The molecule has 0 aliphatic heterocycles. The molecule has 1 saturated carbocycles. The Morgan fingerprint density at radius 1 is 1.18 bits per heavy atom. The highest BCUT2D eigenvalue weighted by atomic mass is 15.3. The summed E-state index contributed by atoms with van der Waals surface area (Å²) in [5, 5.41) is 11.8. The van der Waals surface area contributed by atoms with Gasteiger partial charge in [0.05, 0.1) is 5.52 Å². The van der Waals surface area contributed by atoms with Crippen LogP contribution in [-0.2, 0) is 0 Å². The van der Waals surface area contributed by atoms with Crippen LogP contribution >= 0.6 is 0 Å². The van der Waals surface area contributed by atoms with Gasteiger partial charge in [-0.1, -0.05) is 19.1 Å². The summed E-state index contributed by atoms with van der Waals surface area (Å²) < 4.78 is 0. The van der Waals surface area contributed by atoms with E-state index in [1.807, 2.05) is 24.3 Å². The Kier molecular flexibility index (Phi) is 2.42. The highest BCUT2D eigenvalue weighted by Gasteiger charge is 2.35. The molecule has 1 aliphatic carbocycles. The molecule has 0 atom stereocenters. The zero-order valence-electron chi connectivity index (χ0n) is 9.98. The van der Waals surface area contributed by atoms with Crippen molar-refractivity contribution in [2.24, 2.45) is 0 Å². The van der Waals surface area contributed by atoms with Crippen molar-refractivity contribution in [2.45, 2.75) is 38.1 Å². The smallest absolute Gasteiger partial charge is 0.243 e. The van der Waals surface area contributed by atoms with E-state index in [1.165, 1.54) is 19.3 Å². The minimum atomic E-state index is 0.212. The van der Waals surface area contributed by atoms with Crippen LogP contribution in [0.4, 0.5) is 5.95 Å². The Labute approximate surface area is 100 Å². The molecule has 1 aromatic carbocycles. The molecule has 0 amide bonds. The standard InChI is InChI=1S/C13H16N4/c1-2-13(8-5-9-13)15-12-14-10-6-3-4-7-11(10)16-17-12/h3-4,6-7H,2,5,8-9H2,1H3,(H,14,15,17). The third-order valence-corrected chi connectivity index (χ3v) is 3.72. The predicted octanol–water partition coefficient (Wildman–Crippen LogP) is 2.77. The van der Waals surface area contributed by atoms with Crippen LogP contribution in [0.5, 0.6) is 0 Å². The summed E-state index contributed by atoms with van der Waals surface area (Å²) in [6.07, 6.45) is 4.82. The molecule has 0 bridgehead atoms. The molecule has 17 heavy (non-hydrogen) atoms. The Morgan fingerprint density at radius 2 is 1.94 bits per heavy atom. The Balaban J connectivity index is 1.90. The predicted molar refractivity (Wildman–Crippen MR) is 67.8 cm³/mol. The molecule has 4 nitrogen and oxygen atoms in total. The number of para-hydroxylation sites is 1. The number of anilines is 1. The molecule has 1 aliphatic rings. The highest BCUT2D eigenvalue weighted by molar-refractivity contribution is 5.74. The Morgan fingerprint density at radius 3 is 2.59 bits per heavy atom. The van der Waals surface area contributed by atoms with Crippen LogP contribution in [0.1, 0.15) is 32.6 Å². The number of hydrogen-bond donors (Lipinski definition) is 1. The first kappa shape index (κ1) is 10.4.